The van der Waals surface area contributed by atoms with Crippen LogP contribution in [-0.2, 0) is 40.5 Å². The van der Waals surface area contributed by atoms with Gasteiger partial charge in [0.2, 0.25) is 17.8 Å². The number of hydrogen-bond donors (Lipinski definition) is 7. The van der Waals surface area contributed by atoms with Gasteiger partial charge in [0.05, 0.1) is 18.8 Å². The SMILES string of the molecule is CC(C)(C)OC(=O)NC(=NCCC[C@H](NC(=O)OC(C)(C)C)C(=O)NCCOCCOc1cc2c(cc1Oc1ccc(-c3ccc(C(=O)O)cc3)c(F)c1)[C@@](C)(CC(=O)Nc1nccs1)NCC2)NC(=O)OC(C)(C)C. The van der Waals surface area contributed by atoms with Crippen LogP contribution in [0.5, 0.6) is 17.2 Å². The molecule has 3 aromatic carbocycles. The molecular formula is C53H69FN8O13S. The van der Waals surface area contributed by atoms with Crippen LogP contribution in [0.15, 0.2) is 71.2 Å². The Hall–Kier alpha value is -7.37. The van der Waals surface area contributed by atoms with Gasteiger partial charge < -0.3 is 54.8 Å². The lowest BCUT2D eigenvalue weighted by molar-refractivity contribution is -0.123. The molecule has 7 N–H and O–H groups in total. The number of rotatable bonds is 20. The normalized spacial score (nSPS) is 14.7. The number of aromatic nitrogens is 1. The van der Waals surface area contributed by atoms with Crippen molar-refractivity contribution in [3.8, 4) is 28.4 Å². The van der Waals surface area contributed by atoms with E-state index in [9.17, 15) is 33.9 Å². The van der Waals surface area contributed by atoms with Crippen LogP contribution in [0, 0.1) is 5.82 Å². The number of carboxylic acid groups (broad SMARTS) is 1. The summed E-state index contributed by atoms with van der Waals surface area (Å²) in [4.78, 5) is 84.5. The first-order valence-corrected chi connectivity index (χ1v) is 25.5. The maximum atomic E-state index is 15.7. The van der Waals surface area contributed by atoms with Crippen molar-refractivity contribution in [1.82, 2.24) is 31.6 Å². The van der Waals surface area contributed by atoms with Gasteiger partial charge in [-0.15, -0.1) is 11.3 Å². The summed E-state index contributed by atoms with van der Waals surface area (Å²) in [5.74, 6) is -2.02. The van der Waals surface area contributed by atoms with Crippen molar-refractivity contribution in [2.45, 2.75) is 123 Å². The fourth-order valence-electron chi connectivity index (χ4n) is 7.52. The molecule has 1 aromatic heterocycles. The van der Waals surface area contributed by atoms with E-state index < -0.39 is 64.4 Å². The lowest BCUT2D eigenvalue weighted by Gasteiger charge is -2.37. The molecule has 0 spiro atoms. The Labute approximate surface area is 445 Å². The van der Waals surface area contributed by atoms with Crippen LogP contribution in [0.2, 0.25) is 0 Å². The van der Waals surface area contributed by atoms with Gasteiger partial charge >= 0.3 is 24.2 Å². The molecule has 0 radical (unpaired) electrons. The summed E-state index contributed by atoms with van der Waals surface area (Å²) in [6, 6.07) is 12.7. The van der Waals surface area contributed by atoms with Gasteiger partial charge in [0.1, 0.15) is 41.0 Å². The number of carbonyl (C=O) groups excluding carboxylic acids is 5. The van der Waals surface area contributed by atoms with E-state index in [1.165, 1.54) is 47.7 Å². The van der Waals surface area contributed by atoms with Crippen molar-refractivity contribution in [2.24, 2.45) is 4.99 Å². The van der Waals surface area contributed by atoms with Crippen molar-refractivity contribution < 1.29 is 66.7 Å². The molecule has 2 atom stereocenters. The van der Waals surface area contributed by atoms with Crippen LogP contribution in [0.25, 0.3) is 11.1 Å². The number of nitrogens with one attached hydrogen (secondary N) is 6. The van der Waals surface area contributed by atoms with Crippen LogP contribution in [-0.4, -0.2) is 114 Å². The predicted molar refractivity (Wildman–Crippen MR) is 282 cm³/mol. The molecule has 0 aliphatic carbocycles. The first kappa shape index (κ1) is 59.5. The molecule has 21 nitrogen and oxygen atoms in total. The zero-order valence-corrected chi connectivity index (χ0v) is 45.3. The number of aliphatic imine (C=N–C) groups is 1. The Kier molecular flexibility index (Phi) is 20.7. The second-order valence-corrected chi connectivity index (χ2v) is 21.6. The number of alkyl carbamates (subject to hydrolysis) is 3. The Balaban J connectivity index is 1.24. The lowest BCUT2D eigenvalue weighted by Crippen LogP contribution is -2.49. The Morgan fingerprint density at radius 2 is 1.50 bits per heavy atom. The van der Waals surface area contributed by atoms with Gasteiger partial charge in [-0.25, -0.2) is 28.6 Å². The lowest BCUT2D eigenvalue weighted by atomic mass is 9.81. The molecule has 1 aliphatic rings. The largest absolute Gasteiger partial charge is 0.487 e. The summed E-state index contributed by atoms with van der Waals surface area (Å²) in [5.41, 5.74) is -0.914. The zero-order valence-electron chi connectivity index (χ0n) is 44.5. The van der Waals surface area contributed by atoms with Crippen molar-refractivity contribution >= 4 is 58.5 Å². The molecule has 4 aromatic rings. The number of nitrogens with zero attached hydrogens (tertiary/aromatic N) is 2. The second kappa shape index (κ2) is 26.4. The average Bonchev–Trinajstić information content (AvgIpc) is 3.81. The Morgan fingerprint density at radius 3 is 2.11 bits per heavy atom. The highest BCUT2D eigenvalue weighted by atomic mass is 32.1. The van der Waals surface area contributed by atoms with E-state index >= 15 is 4.39 Å². The summed E-state index contributed by atoms with van der Waals surface area (Å²) in [5, 5.41) is 28.0. The first-order valence-electron chi connectivity index (χ1n) is 24.6. The average molecular weight is 1080 g/mol. The fourth-order valence-corrected chi connectivity index (χ4v) is 8.07. The van der Waals surface area contributed by atoms with Gasteiger partial charge in [-0.3, -0.25) is 25.2 Å². The van der Waals surface area contributed by atoms with Gasteiger partial charge in [-0.05, 0) is 142 Å². The molecule has 412 valence electrons. The summed E-state index contributed by atoms with van der Waals surface area (Å²) in [6.07, 6.45) is -0.0117. The highest BCUT2D eigenvalue weighted by Gasteiger charge is 2.36. The molecule has 23 heteroatoms. The van der Waals surface area contributed by atoms with Crippen LogP contribution in [0.3, 0.4) is 0 Å². The zero-order chi connectivity index (χ0) is 55.8. The van der Waals surface area contributed by atoms with Gasteiger partial charge in [-0.1, -0.05) is 12.1 Å². The third-order valence-corrected chi connectivity index (χ3v) is 11.4. The number of guanidine groups is 1. The minimum absolute atomic E-state index is 0.00229. The number of halogens is 1. The topological polar surface area (TPSA) is 275 Å². The molecule has 0 fully saturated rings. The van der Waals surface area contributed by atoms with Crippen molar-refractivity contribution in [1.29, 1.82) is 0 Å². The summed E-state index contributed by atoms with van der Waals surface area (Å²) in [6.45, 7) is 17.8. The third kappa shape index (κ3) is 19.7. The van der Waals surface area contributed by atoms with E-state index in [0.29, 0.717) is 29.4 Å². The molecule has 1 aliphatic heterocycles. The number of carboxylic acids is 1. The van der Waals surface area contributed by atoms with Gasteiger partial charge in [-0.2, -0.15) is 0 Å². The summed E-state index contributed by atoms with van der Waals surface area (Å²) >= 11 is 1.30. The molecule has 5 amide bonds. The van der Waals surface area contributed by atoms with Gasteiger partial charge in [0, 0.05) is 54.8 Å². The standard InChI is InChI=1S/C53H69FN8O13S/c1-50(2,3)73-47(67)59-39(12-11-20-56-45(61-48(68)74-51(4,5)6)62-49(69)75-52(7,8)9)43(64)55-22-24-70-25-26-71-40-28-34-19-21-58-53(10,31-42(63)60-46-57-23-27-76-46)37(34)30-41(40)72-35-17-18-36(38(54)29-35)32-13-15-33(16-14-32)44(65)66/h13-18,23,27-30,39,58H,11-12,19-22,24-26,31H2,1-10H3,(H,55,64)(H,59,67)(H,65,66)(H,57,60,63)(H2,56,61,62,68,69)/t39-,53+/m0/s1. The number of amides is 5. The maximum Gasteiger partial charge on any atom is 0.414 e. The third-order valence-electron chi connectivity index (χ3n) is 10.7. The highest BCUT2D eigenvalue weighted by Crippen LogP contribution is 2.42. The molecule has 0 saturated heterocycles. The summed E-state index contributed by atoms with van der Waals surface area (Å²) < 4.78 is 50.1. The number of ether oxygens (including phenoxy) is 6. The quantitative estimate of drug-likeness (QED) is 0.0189. The Morgan fingerprint density at radius 1 is 0.842 bits per heavy atom. The number of aromatic carboxylic acids is 1. The molecule has 0 saturated carbocycles. The van der Waals surface area contributed by atoms with Crippen molar-refractivity contribution in [3.63, 3.8) is 0 Å². The fraction of sp³-hybridized carbons (Fsp3) is 0.472. The first-order chi connectivity index (χ1) is 35.6. The van der Waals surface area contributed by atoms with Gasteiger partial charge in [0.15, 0.2) is 16.6 Å². The minimum atomic E-state index is -1.10. The van der Waals surface area contributed by atoms with E-state index in [0.717, 1.165) is 11.1 Å². The Bertz CT molecular complexity index is 2670. The molecule has 0 bridgehead atoms. The minimum Gasteiger partial charge on any atom is -0.487 e. The molecular weight excluding hydrogens is 1010 g/mol. The number of fused-ring (bicyclic) bond motifs is 1. The van der Waals surface area contributed by atoms with Gasteiger partial charge in [0.25, 0.3) is 0 Å². The van der Waals surface area contributed by atoms with E-state index in [2.05, 4.69) is 41.9 Å². The molecule has 5 rings (SSSR count). The number of carbonyl (C=O) groups is 6. The summed E-state index contributed by atoms with van der Waals surface area (Å²) in [7, 11) is 0. The number of benzene rings is 3. The van der Waals surface area contributed by atoms with E-state index in [4.69, 9.17) is 28.4 Å². The smallest absolute Gasteiger partial charge is 0.414 e. The second-order valence-electron chi connectivity index (χ2n) is 20.7. The van der Waals surface area contributed by atoms with Crippen LogP contribution < -0.4 is 41.4 Å². The van der Waals surface area contributed by atoms with Crippen LogP contribution in [0.4, 0.5) is 23.9 Å². The molecule has 0 unspecified atom stereocenters. The maximum absolute atomic E-state index is 15.7. The van der Waals surface area contributed by atoms with E-state index in [-0.39, 0.29) is 86.7 Å². The van der Waals surface area contributed by atoms with Crippen LogP contribution in [0.1, 0.15) is 110 Å². The molecule has 2 heterocycles. The number of thiazole rings is 1. The van der Waals surface area contributed by atoms with E-state index in [1.54, 1.807) is 86.0 Å². The monoisotopic (exact) mass is 1080 g/mol. The number of anilines is 1. The predicted octanol–water partition coefficient (Wildman–Crippen LogP) is 8.42. The van der Waals surface area contributed by atoms with E-state index in [1.807, 2.05) is 13.0 Å². The van der Waals surface area contributed by atoms with Crippen molar-refractivity contribution in [3.05, 3.63) is 88.7 Å². The number of hydrogen-bond acceptors (Lipinski definition) is 16. The van der Waals surface area contributed by atoms with Crippen LogP contribution >= 0.6 is 11.3 Å². The highest BCUT2D eigenvalue weighted by molar-refractivity contribution is 7.13. The van der Waals surface area contributed by atoms with Crippen molar-refractivity contribution in [2.75, 3.05) is 44.8 Å². The molecule has 76 heavy (non-hydrogen) atoms.